The van der Waals surface area contributed by atoms with Gasteiger partial charge in [0.05, 0.1) is 43.1 Å². The maximum absolute atomic E-state index is 14.9. The van der Waals surface area contributed by atoms with Crippen LogP contribution in [-0.4, -0.2) is 58.8 Å². The van der Waals surface area contributed by atoms with Crippen molar-refractivity contribution in [3.8, 4) is 0 Å². The van der Waals surface area contributed by atoms with E-state index >= 15 is 0 Å². The highest BCUT2D eigenvalue weighted by Gasteiger charge is 2.30. The summed E-state index contributed by atoms with van der Waals surface area (Å²) in [6.07, 6.45) is 5.34. The van der Waals surface area contributed by atoms with Gasteiger partial charge in [-0.3, -0.25) is 14.8 Å². The molecule has 1 saturated heterocycles. The highest BCUT2D eigenvalue weighted by Crippen LogP contribution is 2.33. The van der Waals surface area contributed by atoms with Crippen molar-refractivity contribution in [2.45, 2.75) is 43.4 Å². The number of carbonyl (C=O) groups is 1. The minimum atomic E-state index is -0.865. The molecule has 1 fully saturated rings. The van der Waals surface area contributed by atoms with E-state index < -0.39 is 17.8 Å². The summed E-state index contributed by atoms with van der Waals surface area (Å²) in [6.45, 7) is 0.998. The second kappa shape index (κ2) is 12.5. The number of aromatic nitrogens is 2. The Bertz CT molecular complexity index is 1400. The van der Waals surface area contributed by atoms with Gasteiger partial charge in [-0.15, -0.1) is 0 Å². The molecule has 39 heavy (non-hydrogen) atoms. The minimum Gasteiger partial charge on any atom is -0.395 e. The number of nitrogens with two attached hydrogens (primary N) is 1. The number of pyridine rings is 2. The number of hydrogen-bond acceptors (Lipinski definition) is 7. The number of rotatable bonds is 10. The maximum Gasteiger partial charge on any atom is 0.154 e. The molecule has 4 aromatic rings. The predicted molar refractivity (Wildman–Crippen MR) is 148 cm³/mol. The van der Waals surface area contributed by atoms with Crippen LogP contribution in [0.15, 0.2) is 79.3 Å². The van der Waals surface area contributed by atoms with Gasteiger partial charge in [-0.1, -0.05) is 48.5 Å². The fourth-order valence-corrected chi connectivity index (χ4v) is 5.33. The summed E-state index contributed by atoms with van der Waals surface area (Å²) in [5, 5.41) is 13.5. The third-order valence-electron chi connectivity index (χ3n) is 7.47. The highest BCUT2D eigenvalue weighted by atomic mass is 19.1. The number of benzene rings is 2. The van der Waals surface area contributed by atoms with Crippen molar-refractivity contribution in [2.24, 2.45) is 5.73 Å². The fraction of sp³-hybridized carbons (Fsp3) is 0.323. The molecule has 3 heterocycles. The zero-order chi connectivity index (χ0) is 27.2. The average Bonchev–Trinajstić information content (AvgIpc) is 2.98. The Labute approximate surface area is 227 Å². The Morgan fingerprint density at radius 3 is 2.69 bits per heavy atom. The van der Waals surface area contributed by atoms with Gasteiger partial charge < -0.3 is 20.9 Å². The first-order valence-electron chi connectivity index (χ1n) is 13.3. The van der Waals surface area contributed by atoms with E-state index in [-0.39, 0.29) is 31.0 Å². The topological polar surface area (TPSA) is 110 Å². The van der Waals surface area contributed by atoms with Crippen molar-refractivity contribution in [3.05, 3.63) is 107 Å². The molecule has 1 aliphatic heterocycles. The lowest BCUT2D eigenvalue weighted by atomic mass is 9.81. The Hall–Kier alpha value is -3.56. The number of fused-ring (bicyclic) bond motifs is 1. The number of nitrogens with zero attached hydrogens (tertiary/aromatic N) is 2. The Balaban J connectivity index is 1.39. The van der Waals surface area contributed by atoms with Crippen LogP contribution in [-0.2, 0) is 22.4 Å². The molecule has 202 valence electrons. The van der Waals surface area contributed by atoms with E-state index in [2.05, 4.69) is 15.3 Å². The molecule has 2 aromatic heterocycles. The van der Waals surface area contributed by atoms with Crippen LogP contribution >= 0.6 is 0 Å². The van der Waals surface area contributed by atoms with Crippen LogP contribution in [0.3, 0.4) is 0 Å². The lowest BCUT2D eigenvalue weighted by molar-refractivity contribution is -0.119. The molecule has 0 saturated carbocycles. The van der Waals surface area contributed by atoms with E-state index in [4.69, 9.17) is 10.5 Å². The molecule has 5 rings (SSSR count). The number of aliphatic hydroxyl groups is 1. The van der Waals surface area contributed by atoms with Crippen molar-refractivity contribution in [2.75, 3.05) is 19.8 Å². The number of halogens is 1. The summed E-state index contributed by atoms with van der Waals surface area (Å²) in [7, 11) is 0. The van der Waals surface area contributed by atoms with E-state index in [1.807, 2.05) is 60.7 Å². The standard InChI is InChI=1S/C31H33FN4O3/c32-27-17-34-15-21(24(27)11-10-23-16-36-22(18-37)19-39-23)14-29(38)31(33)30(20-6-2-1-3-7-20)26-12-13-35-28-9-5-4-8-25(26)28/h1-9,12-13,15,17,22-23,30-31,36-37H,10-11,14,16,18-19,33H2/t22-,23-,30+,31-/m1/s1. The summed E-state index contributed by atoms with van der Waals surface area (Å²) < 4.78 is 20.7. The van der Waals surface area contributed by atoms with Gasteiger partial charge in [-0.25, -0.2) is 4.39 Å². The summed E-state index contributed by atoms with van der Waals surface area (Å²) >= 11 is 0. The van der Waals surface area contributed by atoms with Gasteiger partial charge in [0.2, 0.25) is 0 Å². The molecule has 4 N–H and O–H groups in total. The largest absolute Gasteiger partial charge is 0.395 e. The lowest BCUT2D eigenvalue weighted by Gasteiger charge is -2.29. The zero-order valence-electron chi connectivity index (χ0n) is 21.7. The molecule has 1 aliphatic rings. The van der Waals surface area contributed by atoms with E-state index in [9.17, 15) is 14.3 Å². The number of ketones is 1. The number of nitrogens with one attached hydrogen (secondary N) is 1. The minimum absolute atomic E-state index is 0.0114. The summed E-state index contributed by atoms with van der Waals surface area (Å²) in [5.74, 6) is -1.04. The smallest absolute Gasteiger partial charge is 0.154 e. The number of Topliss-reactive ketones (excluding diaryl/α,β-unsaturated/α-hetero) is 1. The number of ether oxygens (including phenoxy) is 1. The van der Waals surface area contributed by atoms with Gasteiger partial charge in [0.15, 0.2) is 5.78 Å². The predicted octanol–water partition coefficient (Wildman–Crippen LogP) is 3.32. The van der Waals surface area contributed by atoms with Gasteiger partial charge >= 0.3 is 0 Å². The summed E-state index contributed by atoms with van der Waals surface area (Å²) in [6, 6.07) is 18.5. The Morgan fingerprint density at radius 2 is 1.92 bits per heavy atom. The zero-order valence-corrected chi connectivity index (χ0v) is 21.7. The fourth-order valence-electron chi connectivity index (χ4n) is 5.33. The molecule has 2 aromatic carbocycles. The molecular formula is C31H33FN4O3. The van der Waals surface area contributed by atoms with E-state index in [0.717, 1.165) is 22.0 Å². The lowest BCUT2D eigenvalue weighted by Crippen LogP contribution is -2.48. The molecule has 7 nitrogen and oxygen atoms in total. The van der Waals surface area contributed by atoms with Gasteiger partial charge in [0.1, 0.15) is 5.82 Å². The van der Waals surface area contributed by atoms with Gasteiger partial charge in [-0.2, -0.15) is 0 Å². The van der Waals surface area contributed by atoms with Crippen molar-refractivity contribution in [1.29, 1.82) is 0 Å². The normalized spacial score (nSPS) is 19.1. The molecule has 0 unspecified atom stereocenters. The molecule has 0 radical (unpaired) electrons. The van der Waals surface area contributed by atoms with Crippen LogP contribution in [0.4, 0.5) is 4.39 Å². The van der Waals surface area contributed by atoms with E-state index in [1.165, 1.54) is 6.20 Å². The highest BCUT2D eigenvalue weighted by molar-refractivity contribution is 5.90. The van der Waals surface area contributed by atoms with Crippen molar-refractivity contribution < 1.29 is 19.0 Å². The summed E-state index contributed by atoms with van der Waals surface area (Å²) in [5.41, 5.74) is 10.4. The molecule has 0 aliphatic carbocycles. The Kier molecular flexibility index (Phi) is 8.68. The SMILES string of the molecule is N[C@H](C(=O)Cc1cncc(F)c1CC[C@@H]1CN[C@H](CO)CO1)[C@@H](c1ccccc1)c1ccnc2ccccc12. The van der Waals surface area contributed by atoms with E-state index in [0.29, 0.717) is 37.1 Å². The quantitative estimate of drug-likeness (QED) is 0.290. The molecule has 0 amide bonds. The van der Waals surface area contributed by atoms with Gasteiger partial charge in [0, 0.05) is 36.7 Å². The van der Waals surface area contributed by atoms with Crippen LogP contribution in [0.1, 0.15) is 34.6 Å². The number of aliphatic hydroxyl groups excluding tert-OH is 1. The van der Waals surface area contributed by atoms with Crippen LogP contribution in [0, 0.1) is 5.82 Å². The van der Waals surface area contributed by atoms with Crippen LogP contribution in [0.5, 0.6) is 0 Å². The maximum atomic E-state index is 14.9. The third-order valence-corrected chi connectivity index (χ3v) is 7.47. The molecule has 0 bridgehead atoms. The van der Waals surface area contributed by atoms with Gasteiger partial charge in [0.25, 0.3) is 0 Å². The number of morpholine rings is 1. The van der Waals surface area contributed by atoms with Crippen LogP contribution in [0.25, 0.3) is 10.9 Å². The van der Waals surface area contributed by atoms with Gasteiger partial charge in [-0.05, 0) is 47.2 Å². The first-order chi connectivity index (χ1) is 19.0. The van der Waals surface area contributed by atoms with E-state index in [1.54, 1.807) is 12.4 Å². The monoisotopic (exact) mass is 528 g/mol. The van der Waals surface area contributed by atoms with Crippen molar-refractivity contribution in [1.82, 2.24) is 15.3 Å². The molecular weight excluding hydrogens is 495 g/mol. The second-order valence-electron chi connectivity index (χ2n) is 10.0. The van der Waals surface area contributed by atoms with Crippen LogP contribution in [0.2, 0.25) is 0 Å². The first-order valence-corrected chi connectivity index (χ1v) is 13.3. The number of hydrogen-bond donors (Lipinski definition) is 3. The summed E-state index contributed by atoms with van der Waals surface area (Å²) in [4.78, 5) is 22.2. The number of para-hydroxylation sites is 1. The molecule has 8 heteroatoms. The molecule has 4 atom stereocenters. The number of carbonyl (C=O) groups excluding carboxylic acids is 1. The first kappa shape index (κ1) is 27.0. The average molecular weight is 529 g/mol. The van der Waals surface area contributed by atoms with Crippen molar-refractivity contribution in [3.63, 3.8) is 0 Å². The third kappa shape index (κ3) is 6.20. The van der Waals surface area contributed by atoms with Crippen LogP contribution < -0.4 is 11.1 Å². The second-order valence-corrected chi connectivity index (χ2v) is 10.0. The Morgan fingerprint density at radius 1 is 1.13 bits per heavy atom. The molecule has 0 spiro atoms. The van der Waals surface area contributed by atoms with Crippen molar-refractivity contribution >= 4 is 16.7 Å².